The summed E-state index contributed by atoms with van der Waals surface area (Å²) in [5, 5.41) is 15.2. The van der Waals surface area contributed by atoms with Gasteiger partial charge in [0.25, 0.3) is 5.69 Å². The lowest BCUT2D eigenvalue weighted by Gasteiger charge is -2.06. The third-order valence-corrected chi connectivity index (χ3v) is 5.33. The van der Waals surface area contributed by atoms with Gasteiger partial charge < -0.3 is 21.5 Å². The summed E-state index contributed by atoms with van der Waals surface area (Å²) in [4.78, 5) is 16.3. The molecule has 0 radical (unpaired) electrons. The summed E-state index contributed by atoms with van der Waals surface area (Å²) >= 11 is 1.57. The monoisotopic (exact) mass is 454 g/mol. The zero-order chi connectivity index (χ0) is 18.8. The molecule has 0 N–H and O–H groups in total. The van der Waals surface area contributed by atoms with Gasteiger partial charge >= 0.3 is 0 Å². The van der Waals surface area contributed by atoms with Crippen molar-refractivity contribution in [1.82, 2.24) is 4.57 Å². The molecule has 0 amide bonds. The molecule has 142 valence electrons. The van der Waals surface area contributed by atoms with Gasteiger partial charge in [0.2, 0.25) is 0 Å². The summed E-state index contributed by atoms with van der Waals surface area (Å²) in [5.74, 6) is 0. The van der Waals surface area contributed by atoms with Crippen LogP contribution in [0.1, 0.15) is 6.92 Å². The molecule has 0 atom stereocenters. The minimum absolute atomic E-state index is 0. The van der Waals surface area contributed by atoms with E-state index in [-0.39, 0.29) is 27.6 Å². The molecule has 0 saturated heterocycles. The first-order valence-corrected chi connectivity index (χ1v) is 9.51. The van der Waals surface area contributed by atoms with Gasteiger partial charge in [0.1, 0.15) is 0 Å². The maximum atomic E-state index is 10.9. The number of thiazole rings is 1. The highest BCUT2D eigenvalue weighted by Crippen LogP contribution is 2.27. The lowest BCUT2D eigenvalue weighted by molar-refractivity contribution is -0.384. The van der Waals surface area contributed by atoms with Gasteiger partial charge in [-0.05, 0) is 36.1 Å². The van der Waals surface area contributed by atoms with E-state index in [1.807, 2.05) is 24.3 Å². The molecule has 0 saturated carbocycles. The summed E-state index contributed by atoms with van der Waals surface area (Å²) in [5.41, 5.74) is 2.99. The van der Waals surface area contributed by atoms with Gasteiger partial charge in [-0.3, -0.25) is 10.1 Å². The predicted octanol–water partition coefficient (Wildman–Crippen LogP) is 2.53. The van der Waals surface area contributed by atoms with Crippen molar-refractivity contribution >= 4 is 33.5 Å². The molecule has 3 aromatic carbocycles. The molecule has 0 bridgehead atoms. The average molecular weight is 455 g/mol. The Labute approximate surface area is 176 Å². The molecule has 1 heterocycles. The highest BCUT2D eigenvalue weighted by Gasteiger charge is 2.10. The van der Waals surface area contributed by atoms with Crippen LogP contribution in [0.2, 0.25) is 0 Å². The Bertz CT molecular complexity index is 1190. The lowest BCUT2D eigenvalue weighted by atomic mass is 10.1. The lowest BCUT2D eigenvalue weighted by Crippen LogP contribution is -3.00. The van der Waals surface area contributed by atoms with Crippen molar-refractivity contribution < 1.29 is 21.9 Å². The first-order chi connectivity index (χ1) is 13.2. The van der Waals surface area contributed by atoms with Crippen molar-refractivity contribution in [3.63, 3.8) is 0 Å². The molecule has 4 aromatic rings. The smallest absolute Gasteiger partial charge is 0.269 e. The van der Waals surface area contributed by atoms with Crippen molar-refractivity contribution in [3.8, 4) is 11.3 Å². The largest absolute Gasteiger partial charge is 1.00 e. The van der Waals surface area contributed by atoms with Crippen LogP contribution in [0, 0.1) is 10.1 Å². The molecular weight excluding hydrogens is 438 g/mol. The van der Waals surface area contributed by atoms with Crippen molar-refractivity contribution in [2.45, 2.75) is 13.5 Å². The van der Waals surface area contributed by atoms with Gasteiger partial charge in [0.15, 0.2) is 4.80 Å². The molecule has 28 heavy (non-hydrogen) atoms. The number of benzene rings is 3. The Morgan fingerprint density at radius 3 is 2.46 bits per heavy atom. The van der Waals surface area contributed by atoms with E-state index < -0.39 is 0 Å². The number of fused-ring (bicyclic) bond motifs is 1. The van der Waals surface area contributed by atoms with Crippen LogP contribution in [0.5, 0.6) is 0 Å². The highest BCUT2D eigenvalue weighted by atomic mass is 79.9. The SMILES string of the molecule is CCn1c(-c2ccc([N+](=O)[O-])cc2)csc1=Nc1cccc2ccccc12.[Br-]. The molecule has 7 heteroatoms. The molecule has 0 spiro atoms. The number of hydrogen-bond donors (Lipinski definition) is 0. The average Bonchev–Trinajstić information content (AvgIpc) is 3.11. The van der Waals surface area contributed by atoms with Gasteiger partial charge in [-0.2, -0.15) is 0 Å². The van der Waals surface area contributed by atoms with Gasteiger partial charge in [-0.1, -0.05) is 36.4 Å². The van der Waals surface area contributed by atoms with Crippen molar-refractivity contribution in [2.24, 2.45) is 4.99 Å². The van der Waals surface area contributed by atoms with Crippen LogP contribution < -0.4 is 21.8 Å². The Kier molecular flexibility index (Phi) is 6.06. The molecule has 0 aliphatic rings. The van der Waals surface area contributed by atoms with Gasteiger partial charge in [0, 0.05) is 29.4 Å². The van der Waals surface area contributed by atoms with E-state index in [2.05, 4.69) is 35.1 Å². The zero-order valence-corrected chi connectivity index (χ0v) is 17.5. The highest BCUT2D eigenvalue weighted by molar-refractivity contribution is 7.07. The summed E-state index contributed by atoms with van der Waals surface area (Å²) in [6.45, 7) is 2.84. The number of hydrogen-bond acceptors (Lipinski definition) is 4. The fourth-order valence-electron chi connectivity index (χ4n) is 3.12. The molecular formula is C21H17BrN3O2S-. The third kappa shape index (κ3) is 3.76. The molecule has 0 aliphatic heterocycles. The number of rotatable bonds is 4. The number of nitrogens with zero attached hydrogens (tertiary/aromatic N) is 3. The third-order valence-electron chi connectivity index (χ3n) is 4.47. The van der Waals surface area contributed by atoms with Crippen LogP contribution in [0.4, 0.5) is 11.4 Å². The van der Waals surface area contributed by atoms with Crippen LogP contribution in [0.3, 0.4) is 0 Å². The second-order valence-electron chi connectivity index (χ2n) is 6.06. The number of nitro groups is 1. The Hall–Kier alpha value is -2.77. The summed E-state index contributed by atoms with van der Waals surface area (Å²) in [6.07, 6.45) is 0. The molecule has 0 unspecified atom stereocenters. The number of halogens is 1. The van der Waals surface area contributed by atoms with Gasteiger partial charge in [-0.15, -0.1) is 11.3 Å². The second kappa shape index (κ2) is 8.50. The molecule has 4 rings (SSSR count). The molecule has 1 aromatic heterocycles. The van der Waals surface area contributed by atoms with Crippen molar-refractivity contribution in [2.75, 3.05) is 0 Å². The Morgan fingerprint density at radius 1 is 1.04 bits per heavy atom. The number of aromatic nitrogens is 1. The van der Waals surface area contributed by atoms with Crippen LogP contribution in [0.15, 0.2) is 77.1 Å². The van der Waals surface area contributed by atoms with E-state index in [4.69, 9.17) is 4.99 Å². The minimum atomic E-state index is -0.382. The second-order valence-corrected chi connectivity index (χ2v) is 6.90. The van der Waals surface area contributed by atoms with Crippen molar-refractivity contribution in [1.29, 1.82) is 0 Å². The van der Waals surface area contributed by atoms with E-state index in [0.29, 0.717) is 0 Å². The fourth-order valence-corrected chi connectivity index (χ4v) is 4.10. The van der Waals surface area contributed by atoms with E-state index >= 15 is 0 Å². The fraction of sp³-hybridized carbons (Fsp3) is 0.0952. The van der Waals surface area contributed by atoms with E-state index in [1.165, 1.54) is 12.1 Å². The quantitative estimate of drug-likeness (QED) is 0.351. The van der Waals surface area contributed by atoms with Crippen LogP contribution in [-0.2, 0) is 6.54 Å². The summed E-state index contributed by atoms with van der Waals surface area (Å²) in [7, 11) is 0. The standard InChI is InChI=1S/C21H17N3O2S.BrH/c1-2-23-20(16-10-12-17(13-11-16)24(25)26)14-27-21(23)22-19-9-5-7-15-6-3-4-8-18(15)19;/h3-14H,2H2,1H3;1H/p-1. The van der Waals surface area contributed by atoms with Gasteiger partial charge in [0.05, 0.1) is 16.3 Å². The normalized spacial score (nSPS) is 11.4. The van der Waals surface area contributed by atoms with E-state index in [0.717, 1.165) is 39.1 Å². The summed E-state index contributed by atoms with van der Waals surface area (Å²) < 4.78 is 2.13. The van der Waals surface area contributed by atoms with Crippen LogP contribution in [-0.4, -0.2) is 9.49 Å². The molecule has 5 nitrogen and oxygen atoms in total. The first-order valence-electron chi connectivity index (χ1n) is 8.63. The maximum absolute atomic E-state index is 10.9. The van der Waals surface area contributed by atoms with Crippen LogP contribution in [0.25, 0.3) is 22.0 Å². The van der Waals surface area contributed by atoms with E-state index in [1.54, 1.807) is 23.5 Å². The van der Waals surface area contributed by atoms with Crippen LogP contribution >= 0.6 is 11.3 Å². The van der Waals surface area contributed by atoms with Crippen molar-refractivity contribution in [3.05, 3.63) is 87.0 Å². The summed E-state index contributed by atoms with van der Waals surface area (Å²) in [6, 6.07) is 21.0. The Balaban J connectivity index is 0.00000225. The van der Waals surface area contributed by atoms with Gasteiger partial charge in [-0.25, -0.2) is 4.99 Å². The number of nitro benzene ring substituents is 1. The zero-order valence-electron chi connectivity index (χ0n) is 15.1. The molecule has 0 fully saturated rings. The van der Waals surface area contributed by atoms with E-state index in [9.17, 15) is 10.1 Å². The first kappa shape index (κ1) is 20.0. The number of non-ortho nitro benzene ring substituents is 1. The maximum Gasteiger partial charge on any atom is 0.269 e. The minimum Gasteiger partial charge on any atom is -1.00 e. The predicted molar refractivity (Wildman–Crippen MR) is 109 cm³/mol. The Morgan fingerprint density at radius 2 is 1.75 bits per heavy atom. The topological polar surface area (TPSA) is 60.4 Å². The molecule has 0 aliphatic carbocycles.